The molecule has 168 valence electrons. The van der Waals surface area contributed by atoms with Gasteiger partial charge in [-0.15, -0.1) is 0 Å². The van der Waals surface area contributed by atoms with E-state index in [-0.39, 0.29) is 4.90 Å². The monoisotopic (exact) mass is 475 g/mol. The van der Waals surface area contributed by atoms with Crippen LogP contribution in [0.25, 0.3) is 22.5 Å². The van der Waals surface area contributed by atoms with Crippen molar-refractivity contribution in [1.29, 1.82) is 0 Å². The van der Waals surface area contributed by atoms with Crippen molar-refractivity contribution in [3.8, 4) is 11.5 Å². The van der Waals surface area contributed by atoms with E-state index in [0.717, 1.165) is 18.3 Å². The van der Waals surface area contributed by atoms with Gasteiger partial charge in [0, 0.05) is 19.6 Å². The summed E-state index contributed by atoms with van der Waals surface area (Å²) in [5.74, 6) is 1.54. The summed E-state index contributed by atoms with van der Waals surface area (Å²) in [7, 11) is -3.67. The quantitative estimate of drug-likeness (QED) is 0.423. The first kappa shape index (κ1) is 21.1. The Hall–Kier alpha value is -2.74. The Kier molecular flexibility index (Phi) is 5.49. The predicted octanol–water partition coefficient (Wildman–Crippen LogP) is 2.24. The predicted molar refractivity (Wildman–Crippen MR) is 115 cm³/mol. The summed E-state index contributed by atoms with van der Waals surface area (Å²) in [6, 6.07) is 5.06. The minimum atomic E-state index is -3.67. The Labute approximate surface area is 188 Å². The third kappa shape index (κ3) is 3.81. The van der Waals surface area contributed by atoms with Gasteiger partial charge in [-0.2, -0.15) is 18.0 Å². The van der Waals surface area contributed by atoms with E-state index in [2.05, 4.69) is 28.9 Å². The normalized spacial score (nSPS) is 16.6. The maximum Gasteiger partial charge on any atom is 0.263 e. The molecule has 0 radical (unpaired) electrons. The van der Waals surface area contributed by atoms with E-state index >= 15 is 0 Å². The van der Waals surface area contributed by atoms with Gasteiger partial charge in [0.1, 0.15) is 27.3 Å². The molecule has 5 rings (SSSR count). The fourth-order valence-corrected chi connectivity index (χ4v) is 6.10. The van der Waals surface area contributed by atoms with Crippen LogP contribution in [0.15, 0.2) is 32.1 Å². The average Bonchev–Trinajstić information content (AvgIpc) is 3.45. The number of aromatic nitrogens is 5. The zero-order chi connectivity index (χ0) is 22.3. The van der Waals surface area contributed by atoms with E-state index < -0.39 is 10.0 Å². The summed E-state index contributed by atoms with van der Waals surface area (Å²) < 4.78 is 47.0. The maximum absolute atomic E-state index is 13.3. The van der Waals surface area contributed by atoms with Gasteiger partial charge in [0.05, 0.1) is 24.0 Å². The minimum absolute atomic E-state index is 0.208. The van der Waals surface area contributed by atoms with Gasteiger partial charge < -0.3 is 9.05 Å². The van der Waals surface area contributed by atoms with Crippen LogP contribution in [0.5, 0.6) is 0 Å². The number of hydrogen-bond acceptors (Lipinski definition) is 11. The standard InChI is InChI=1S/C19H21N7O4S2/c1-12-17(13(2)29-21-12)19-20-16(22-30-19)11-25-7-4-8-26(10-9-25)32(27,28)15-6-3-5-14-18(15)24-31-23-14/h3,5-6H,4,7-11H2,1-2H3. The van der Waals surface area contributed by atoms with Gasteiger partial charge in [0.2, 0.25) is 10.0 Å². The molecule has 0 saturated carbocycles. The molecule has 0 amide bonds. The molecule has 1 aliphatic heterocycles. The van der Waals surface area contributed by atoms with Crippen molar-refractivity contribution < 1.29 is 17.5 Å². The van der Waals surface area contributed by atoms with Crippen LogP contribution < -0.4 is 0 Å². The van der Waals surface area contributed by atoms with Gasteiger partial charge in [-0.1, -0.05) is 16.4 Å². The van der Waals surface area contributed by atoms with Crippen molar-refractivity contribution in [3.63, 3.8) is 0 Å². The summed E-state index contributed by atoms with van der Waals surface area (Å²) in [5.41, 5.74) is 2.43. The van der Waals surface area contributed by atoms with Gasteiger partial charge in [0.25, 0.3) is 5.89 Å². The maximum atomic E-state index is 13.3. The van der Waals surface area contributed by atoms with E-state index in [0.29, 0.717) is 72.4 Å². The van der Waals surface area contributed by atoms with Crippen molar-refractivity contribution in [2.24, 2.45) is 0 Å². The Bertz CT molecular complexity index is 1340. The molecule has 0 bridgehead atoms. The number of hydrogen-bond donors (Lipinski definition) is 0. The van der Waals surface area contributed by atoms with Crippen LogP contribution >= 0.6 is 11.7 Å². The molecular formula is C19H21N7O4S2. The number of rotatable bonds is 5. The lowest BCUT2D eigenvalue weighted by atomic mass is 10.2. The Morgan fingerprint density at radius 1 is 1.06 bits per heavy atom. The van der Waals surface area contributed by atoms with Crippen molar-refractivity contribution in [2.75, 3.05) is 26.2 Å². The Morgan fingerprint density at radius 2 is 1.94 bits per heavy atom. The van der Waals surface area contributed by atoms with Gasteiger partial charge in [-0.3, -0.25) is 4.90 Å². The topological polar surface area (TPSA) is 131 Å². The summed E-state index contributed by atoms with van der Waals surface area (Å²) >= 11 is 1.01. The lowest BCUT2D eigenvalue weighted by molar-refractivity contribution is 0.266. The second kappa shape index (κ2) is 8.31. The van der Waals surface area contributed by atoms with E-state index in [1.807, 2.05) is 6.92 Å². The van der Waals surface area contributed by atoms with Crippen molar-refractivity contribution in [1.82, 2.24) is 33.2 Å². The highest BCUT2D eigenvalue weighted by Gasteiger charge is 2.30. The Morgan fingerprint density at radius 3 is 2.75 bits per heavy atom. The van der Waals surface area contributed by atoms with Crippen LogP contribution in [0.3, 0.4) is 0 Å². The molecule has 0 spiro atoms. The SMILES string of the molecule is Cc1noc(C)c1-c1nc(CN2CCCN(S(=O)(=O)c3cccc4nsnc34)CC2)no1. The minimum Gasteiger partial charge on any atom is -0.361 e. The third-order valence-corrected chi connectivity index (χ3v) is 7.97. The van der Waals surface area contributed by atoms with Crippen molar-refractivity contribution >= 4 is 32.8 Å². The van der Waals surface area contributed by atoms with E-state index in [9.17, 15) is 8.42 Å². The van der Waals surface area contributed by atoms with Crippen LogP contribution in [0.4, 0.5) is 0 Å². The van der Waals surface area contributed by atoms with Gasteiger partial charge >= 0.3 is 0 Å². The molecule has 0 unspecified atom stereocenters. The molecule has 11 nitrogen and oxygen atoms in total. The van der Waals surface area contributed by atoms with Gasteiger partial charge in [-0.05, 0) is 38.9 Å². The molecule has 4 aromatic rings. The molecule has 1 saturated heterocycles. The Balaban J connectivity index is 1.29. The lowest BCUT2D eigenvalue weighted by Gasteiger charge is -2.21. The highest BCUT2D eigenvalue weighted by atomic mass is 32.2. The molecular weight excluding hydrogens is 454 g/mol. The van der Waals surface area contributed by atoms with Crippen LogP contribution in [-0.4, -0.2) is 67.8 Å². The number of benzene rings is 1. The second-order valence-corrected chi connectivity index (χ2v) is 10.1. The number of nitrogens with zero attached hydrogens (tertiary/aromatic N) is 7. The molecule has 1 fully saturated rings. The molecule has 0 N–H and O–H groups in total. The first-order chi connectivity index (χ1) is 15.4. The second-order valence-electron chi connectivity index (χ2n) is 7.64. The zero-order valence-electron chi connectivity index (χ0n) is 17.6. The smallest absolute Gasteiger partial charge is 0.263 e. The van der Waals surface area contributed by atoms with E-state index in [1.165, 1.54) is 4.31 Å². The molecule has 13 heteroatoms. The zero-order valence-corrected chi connectivity index (χ0v) is 19.2. The largest absolute Gasteiger partial charge is 0.361 e. The first-order valence-corrected chi connectivity index (χ1v) is 12.3. The number of aryl methyl sites for hydroxylation is 2. The lowest BCUT2D eigenvalue weighted by Crippen LogP contribution is -2.35. The van der Waals surface area contributed by atoms with E-state index in [1.54, 1.807) is 25.1 Å². The van der Waals surface area contributed by atoms with Gasteiger partial charge in [-0.25, -0.2) is 8.42 Å². The van der Waals surface area contributed by atoms with Gasteiger partial charge in [0.15, 0.2) is 5.82 Å². The fraction of sp³-hybridized carbons (Fsp3) is 0.421. The highest BCUT2D eigenvalue weighted by Crippen LogP contribution is 2.27. The molecule has 4 heterocycles. The molecule has 32 heavy (non-hydrogen) atoms. The summed E-state index contributed by atoms with van der Waals surface area (Å²) in [6.45, 7) is 6.16. The molecule has 1 aliphatic rings. The number of fused-ring (bicyclic) bond motifs is 1. The van der Waals surface area contributed by atoms with Crippen LogP contribution in [0, 0.1) is 13.8 Å². The summed E-state index contributed by atoms with van der Waals surface area (Å²) in [4.78, 5) is 6.81. The van der Waals surface area contributed by atoms with Crippen molar-refractivity contribution in [2.45, 2.75) is 31.7 Å². The molecule has 0 atom stereocenters. The fourth-order valence-electron chi connectivity index (χ4n) is 3.88. The summed E-state index contributed by atoms with van der Waals surface area (Å²) in [6.07, 6.45) is 0.694. The van der Waals surface area contributed by atoms with Crippen LogP contribution in [0.1, 0.15) is 23.7 Å². The van der Waals surface area contributed by atoms with Crippen molar-refractivity contribution in [3.05, 3.63) is 35.5 Å². The first-order valence-electron chi connectivity index (χ1n) is 10.1. The van der Waals surface area contributed by atoms with Crippen LogP contribution in [-0.2, 0) is 16.6 Å². The summed E-state index contributed by atoms with van der Waals surface area (Å²) in [5, 5.41) is 8.00. The third-order valence-electron chi connectivity index (χ3n) is 5.49. The molecule has 3 aromatic heterocycles. The van der Waals surface area contributed by atoms with Crippen LogP contribution in [0.2, 0.25) is 0 Å². The number of sulfonamides is 1. The molecule has 0 aliphatic carbocycles. The highest BCUT2D eigenvalue weighted by molar-refractivity contribution is 7.89. The average molecular weight is 476 g/mol. The molecule has 1 aromatic carbocycles. The van der Waals surface area contributed by atoms with E-state index in [4.69, 9.17) is 9.05 Å².